The number of rotatable bonds is 1. The van der Waals surface area contributed by atoms with Gasteiger partial charge < -0.3 is 0 Å². The Morgan fingerprint density at radius 1 is 1.56 bits per heavy atom. The summed E-state index contributed by atoms with van der Waals surface area (Å²) in [6.45, 7) is 0. The van der Waals surface area contributed by atoms with Crippen molar-refractivity contribution in [1.82, 2.24) is 0 Å². The molecule has 0 bridgehead atoms. The number of aldehydes is 1. The van der Waals surface area contributed by atoms with E-state index in [9.17, 15) is 4.79 Å². The number of hydrogen-bond donors (Lipinski definition) is 0. The van der Waals surface area contributed by atoms with Crippen LogP contribution < -0.4 is 0 Å². The summed E-state index contributed by atoms with van der Waals surface area (Å²) in [7, 11) is 0. The van der Waals surface area contributed by atoms with Crippen LogP contribution >= 0.6 is 0 Å². The van der Waals surface area contributed by atoms with Gasteiger partial charge in [0.15, 0.2) is 0 Å². The summed E-state index contributed by atoms with van der Waals surface area (Å²) >= 11 is 0. The second-order valence-corrected chi connectivity index (χ2v) is 3.02. The molecule has 2 saturated carbocycles. The van der Waals surface area contributed by atoms with E-state index in [-0.39, 0.29) is 0 Å². The van der Waals surface area contributed by atoms with E-state index < -0.39 is 0 Å². The van der Waals surface area contributed by atoms with Crippen molar-refractivity contribution >= 4 is 6.29 Å². The number of fused-ring (bicyclic) bond motifs is 1. The average Bonchev–Trinajstić information content (AvgIpc) is 2.54. The van der Waals surface area contributed by atoms with E-state index in [0.29, 0.717) is 0 Å². The third kappa shape index (κ3) is 0.716. The molecule has 0 N–H and O–H groups in total. The molecule has 0 aromatic heterocycles. The molecule has 0 aromatic rings. The summed E-state index contributed by atoms with van der Waals surface area (Å²) < 4.78 is 0. The maximum atomic E-state index is 10.0. The van der Waals surface area contributed by atoms with Crippen molar-refractivity contribution in [2.45, 2.75) is 19.3 Å². The zero-order valence-corrected chi connectivity index (χ0v) is 5.34. The van der Waals surface area contributed by atoms with E-state index in [0.717, 1.165) is 18.1 Å². The van der Waals surface area contributed by atoms with Crippen molar-refractivity contribution in [3.8, 4) is 0 Å². The highest BCUT2D eigenvalue weighted by Crippen LogP contribution is 2.54. The zero-order chi connectivity index (χ0) is 6.27. The van der Waals surface area contributed by atoms with Crippen molar-refractivity contribution in [3.63, 3.8) is 0 Å². The Labute approximate surface area is 54.8 Å². The number of carbonyl (C=O) groups excluding carboxylic acids is 1. The van der Waals surface area contributed by atoms with Crippen LogP contribution in [0.1, 0.15) is 19.3 Å². The van der Waals surface area contributed by atoms with Gasteiger partial charge in [0, 0.05) is 0 Å². The molecular formula is C8H10O. The van der Waals surface area contributed by atoms with Crippen LogP contribution in [0.3, 0.4) is 0 Å². The molecular weight excluding hydrogens is 112 g/mol. The third-order valence-corrected chi connectivity index (χ3v) is 2.48. The van der Waals surface area contributed by atoms with Crippen LogP contribution in [0.4, 0.5) is 0 Å². The predicted octanol–water partition coefficient (Wildman–Crippen LogP) is 1.54. The molecule has 1 nitrogen and oxygen atoms in total. The van der Waals surface area contributed by atoms with Gasteiger partial charge in [-0.3, -0.25) is 4.79 Å². The highest BCUT2D eigenvalue weighted by molar-refractivity contribution is 5.66. The fourth-order valence-electron chi connectivity index (χ4n) is 1.85. The molecule has 2 unspecified atom stereocenters. The smallest absolute Gasteiger partial charge is 0.142 e. The quantitative estimate of drug-likeness (QED) is 0.381. The largest absolute Gasteiger partial charge is 0.299 e. The van der Waals surface area contributed by atoms with Gasteiger partial charge in [-0.2, -0.15) is 0 Å². The molecule has 0 radical (unpaired) electrons. The maximum Gasteiger partial charge on any atom is 0.142 e. The Balaban J connectivity index is 2.13. The highest BCUT2D eigenvalue weighted by Gasteiger charge is 2.43. The van der Waals surface area contributed by atoms with Crippen LogP contribution in [0.5, 0.6) is 0 Å². The standard InChI is InChI=1S/C8H10O/c9-4-3-6-1-2-7-5-8(6)7/h3-4,7-8H,1-2,5H2/b6-3+. The van der Waals surface area contributed by atoms with E-state index in [2.05, 4.69) is 0 Å². The van der Waals surface area contributed by atoms with Crippen LogP contribution in [0.2, 0.25) is 0 Å². The normalized spacial score (nSPS) is 42.9. The second-order valence-electron chi connectivity index (χ2n) is 3.02. The van der Waals surface area contributed by atoms with Gasteiger partial charge in [0.25, 0.3) is 0 Å². The lowest BCUT2D eigenvalue weighted by Gasteiger charge is -1.92. The molecule has 0 amide bonds. The lowest BCUT2D eigenvalue weighted by molar-refractivity contribution is -0.104. The Kier molecular flexibility index (Phi) is 0.981. The third-order valence-electron chi connectivity index (χ3n) is 2.48. The first-order valence-electron chi connectivity index (χ1n) is 3.56. The zero-order valence-electron chi connectivity index (χ0n) is 5.34. The summed E-state index contributed by atoms with van der Waals surface area (Å²) in [5, 5.41) is 0. The fraction of sp³-hybridized carbons (Fsp3) is 0.625. The molecule has 1 heteroatoms. The topological polar surface area (TPSA) is 17.1 Å². The molecule has 0 heterocycles. The Hall–Kier alpha value is -0.590. The summed E-state index contributed by atoms with van der Waals surface area (Å²) in [6, 6.07) is 0. The van der Waals surface area contributed by atoms with Gasteiger partial charge in [0.1, 0.15) is 6.29 Å². The van der Waals surface area contributed by atoms with E-state index in [4.69, 9.17) is 0 Å². The molecule has 9 heavy (non-hydrogen) atoms. The lowest BCUT2D eigenvalue weighted by Crippen LogP contribution is -1.79. The first-order valence-corrected chi connectivity index (χ1v) is 3.56. The molecule has 0 aromatic carbocycles. The SMILES string of the molecule is O=C/C=C1\CCC2CC12. The average molecular weight is 122 g/mol. The maximum absolute atomic E-state index is 10.0. The van der Waals surface area contributed by atoms with E-state index in [1.54, 1.807) is 6.08 Å². The number of hydrogen-bond acceptors (Lipinski definition) is 1. The fourth-order valence-corrected chi connectivity index (χ4v) is 1.85. The van der Waals surface area contributed by atoms with E-state index in [1.807, 2.05) is 0 Å². The van der Waals surface area contributed by atoms with Crippen LogP contribution in [0.15, 0.2) is 11.6 Å². The van der Waals surface area contributed by atoms with Crippen LogP contribution in [-0.2, 0) is 4.79 Å². The van der Waals surface area contributed by atoms with Gasteiger partial charge in [-0.25, -0.2) is 0 Å². The van der Waals surface area contributed by atoms with Crippen LogP contribution in [0, 0.1) is 11.8 Å². The molecule has 2 aliphatic carbocycles. The molecule has 2 aliphatic rings. The minimum Gasteiger partial charge on any atom is -0.299 e. The van der Waals surface area contributed by atoms with Crippen molar-refractivity contribution in [3.05, 3.63) is 11.6 Å². The van der Waals surface area contributed by atoms with E-state index in [1.165, 1.54) is 24.8 Å². The minimum absolute atomic E-state index is 0.829. The van der Waals surface area contributed by atoms with Crippen molar-refractivity contribution in [1.29, 1.82) is 0 Å². The van der Waals surface area contributed by atoms with Gasteiger partial charge in [0.2, 0.25) is 0 Å². The molecule has 48 valence electrons. The van der Waals surface area contributed by atoms with Gasteiger partial charge in [-0.1, -0.05) is 5.57 Å². The molecule has 2 fully saturated rings. The summed E-state index contributed by atoms with van der Waals surface area (Å²) in [4.78, 5) is 10.0. The van der Waals surface area contributed by atoms with Gasteiger partial charge >= 0.3 is 0 Å². The van der Waals surface area contributed by atoms with Crippen molar-refractivity contribution in [2.24, 2.45) is 11.8 Å². The lowest BCUT2D eigenvalue weighted by atomic mass is 10.1. The monoisotopic (exact) mass is 122 g/mol. The highest BCUT2D eigenvalue weighted by atomic mass is 16.1. The molecule has 0 saturated heterocycles. The van der Waals surface area contributed by atoms with Gasteiger partial charge in [0.05, 0.1) is 0 Å². The summed E-state index contributed by atoms with van der Waals surface area (Å²) in [6.07, 6.45) is 6.58. The summed E-state index contributed by atoms with van der Waals surface area (Å²) in [5.41, 5.74) is 1.41. The predicted molar refractivity (Wildman–Crippen MR) is 35.0 cm³/mol. The molecule has 0 spiro atoms. The molecule has 2 rings (SSSR count). The van der Waals surface area contributed by atoms with Crippen molar-refractivity contribution < 1.29 is 4.79 Å². The van der Waals surface area contributed by atoms with Crippen molar-refractivity contribution in [2.75, 3.05) is 0 Å². The minimum atomic E-state index is 0.829. The Morgan fingerprint density at radius 3 is 2.89 bits per heavy atom. The molecule has 2 atom stereocenters. The first-order chi connectivity index (χ1) is 4.42. The Morgan fingerprint density at radius 2 is 2.44 bits per heavy atom. The summed E-state index contributed by atoms with van der Waals surface area (Å²) in [5.74, 6) is 1.80. The van der Waals surface area contributed by atoms with Gasteiger partial charge in [-0.05, 0) is 37.2 Å². The van der Waals surface area contributed by atoms with Gasteiger partial charge in [-0.15, -0.1) is 0 Å². The number of allylic oxidation sites excluding steroid dienone is 2. The Bertz CT molecular complexity index is 169. The molecule has 0 aliphatic heterocycles. The van der Waals surface area contributed by atoms with Crippen LogP contribution in [0.25, 0.3) is 0 Å². The van der Waals surface area contributed by atoms with E-state index >= 15 is 0 Å². The van der Waals surface area contributed by atoms with Crippen LogP contribution in [-0.4, -0.2) is 6.29 Å². The number of carbonyl (C=O) groups is 1. The second kappa shape index (κ2) is 1.69. The first kappa shape index (κ1) is 5.21.